The number of benzene rings is 3. The zero-order chi connectivity index (χ0) is 17.9. The van der Waals surface area contributed by atoms with Crippen LogP contribution in [0.4, 0.5) is 0 Å². The van der Waals surface area contributed by atoms with Crippen molar-refractivity contribution in [3.8, 4) is 22.4 Å². The predicted octanol–water partition coefficient (Wildman–Crippen LogP) is 6.26. The van der Waals surface area contributed by atoms with Crippen molar-refractivity contribution in [2.24, 2.45) is 0 Å². The summed E-state index contributed by atoms with van der Waals surface area (Å²) in [6, 6.07) is 22.9. The summed E-state index contributed by atoms with van der Waals surface area (Å²) in [5, 5.41) is 0.439. The summed E-state index contributed by atoms with van der Waals surface area (Å²) < 4.78 is 0. The minimum atomic E-state index is 0.00329. The monoisotopic (exact) mass is 356 g/mol. The summed E-state index contributed by atoms with van der Waals surface area (Å²) in [5.74, 6) is 0. The van der Waals surface area contributed by atoms with E-state index in [4.69, 9.17) is 16.6 Å². The van der Waals surface area contributed by atoms with E-state index < -0.39 is 0 Å². The number of rotatable bonds is 1. The molecule has 0 unspecified atom stereocenters. The molecule has 3 heteroatoms. The molecule has 0 atom stereocenters. The van der Waals surface area contributed by atoms with Gasteiger partial charge in [-0.05, 0) is 40.5 Å². The van der Waals surface area contributed by atoms with Gasteiger partial charge in [-0.2, -0.15) is 0 Å². The van der Waals surface area contributed by atoms with E-state index in [0.717, 1.165) is 22.3 Å². The van der Waals surface area contributed by atoms with Gasteiger partial charge in [0.2, 0.25) is 0 Å². The van der Waals surface area contributed by atoms with Gasteiger partial charge in [-0.15, -0.1) is 0 Å². The van der Waals surface area contributed by atoms with E-state index in [2.05, 4.69) is 61.3 Å². The Morgan fingerprint density at radius 2 is 1.38 bits per heavy atom. The molecule has 0 spiro atoms. The summed E-state index contributed by atoms with van der Waals surface area (Å²) in [7, 11) is 0. The van der Waals surface area contributed by atoms with Crippen LogP contribution in [0, 0.1) is 0 Å². The van der Waals surface area contributed by atoms with Crippen molar-refractivity contribution in [1.82, 2.24) is 9.97 Å². The Kier molecular flexibility index (Phi) is 3.22. The first-order valence-electron chi connectivity index (χ1n) is 8.73. The van der Waals surface area contributed by atoms with E-state index >= 15 is 0 Å². The Bertz CT molecular complexity index is 1180. The molecule has 0 saturated heterocycles. The van der Waals surface area contributed by atoms with Crippen LogP contribution in [0.1, 0.15) is 25.0 Å². The number of halogens is 1. The number of hydrogen-bond donors (Lipinski definition) is 0. The van der Waals surface area contributed by atoms with Crippen molar-refractivity contribution in [3.63, 3.8) is 0 Å². The Hall–Kier alpha value is -2.71. The Balaban J connectivity index is 1.74. The number of hydrogen-bond acceptors (Lipinski definition) is 2. The highest BCUT2D eigenvalue weighted by Crippen LogP contribution is 2.49. The van der Waals surface area contributed by atoms with Gasteiger partial charge in [-0.3, -0.25) is 0 Å². The molecule has 0 fully saturated rings. The van der Waals surface area contributed by atoms with Crippen molar-refractivity contribution in [1.29, 1.82) is 0 Å². The molecule has 1 aliphatic carbocycles. The molecule has 126 valence electrons. The minimum Gasteiger partial charge on any atom is -0.243 e. The van der Waals surface area contributed by atoms with Crippen LogP contribution in [-0.2, 0) is 5.41 Å². The van der Waals surface area contributed by atoms with E-state index in [-0.39, 0.29) is 5.41 Å². The summed E-state index contributed by atoms with van der Waals surface area (Å²) in [6.07, 6.45) is 0. The smallest absolute Gasteiger partial charge is 0.156 e. The topological polar surface area (TPSA) is 25.8 Å². The van der Waals surface area contributed by atoms with E-state index in [1.807, 2.05) is 24.3 Å². The third kappa shape index (κ3) is 2.12. The Labute approximate surface area is 157 Å². The van der Waals surface area contributed by atoms with Crippen LogP contribution in [0.15, 0.2) is 66.7 Å². The largest absolute Gasteiger partial charge is 0.243 e. The molecule has 0 aliphatic heterocycles. The lowest BCUT2D eigenvalue weighted by Gasteiger charge is -2.21. The molecule has 0 radical (unpaired) electrons. The number of fused-ring (bicyclic) bond motifs is 4. The molecule has 0 bridgehead atoms. The van der Waals surface area contributed by atoms with Crippen LogP contribution in [0.3, 0.4) is 0 Å². The summed E-state index contributed by atoms with van der Waals surface area (Å²) in [6.45, 7) is 4.56. The maximum atomic E-state index is 6.47. The van der Waals surface area contributed by atoms with E-state index in [1.165, 1.54) is 22.3 Å². The van der Waals surface area contributed by atoms with Gasteiger partial charge in [-0.25, -0.2) is 9.97 Å². The lowest BCUT2D eigenvalue weighted by Crippen LogP contribution is -2.14. The van der Waals surface area contributed by atoms with Crippen molar-refractivity contribution >= 4 is 22.6 Å². The molecule has 1 heterocycles. The van der Waals surface area contributed by atoms with Crippen molar-refractivity contribution in [2.45, 2.75) is 19.3 Å². The SMILES string of the molecule is CC1(C)c2ccccc2-c2cc(-c3nc4ccccc4nc3Cl)ccc21. The van der Waals surface area contributed by atoms with E-state index in [9.17, 15) is 0 Å². The fourth-order valence-electron chi connectivity index (χ4n) is 4.03. The third-order valence-electron chi connectivity index (χ3n) is 5.38. The lowest BCUT2D eigenvalue weighted by atomic mass is 9.82. The van der Waals surface area contributed by atoms with Crippen LogP contribution >= 0.6 is 11.6 Å². The van der Waals surface area contributed by atoms with Gasteiger partial charge in [0.1, 0.15) is 5.69 Å². The molecule has 0 N–H and O–H groups in total. The second-order valence-corrected chi connectivity index (χ2v) is 7.64. The Morgan fingerprint density at radius 3 is 2.19 bits per heavy atom. The first kappa shape index (κ1) is 15.5. The maximum Gasteiger partial charge on any atom is 0.156 e. The fraction of sp³-hybridized carbons (Fsp3) is 0.130. The van der Waals surface area contributed by atoms with Crippen LogP contribution in [0.2, 0.25) is 5.15 Å². The first-order valence-corrected chi connectivity index (χ1v) is 9.10. The second kappa shape index (κ2) is 5.39. The van der Waals surface area contributed by atoms with Crippen LogP contribution in [0.25, 0.3) is 33.4 Å². The molecular weight excluding hydrogens is 340 g/mol. The van der Waals surface area contributed by atoms with Gasteiger partial charge < -0.3 is 0 Å². The third-order valence-corrected chi connectivity index (χ3v) is 5.65. The average Bonchev–Trinajstić information content (AvgIpc) is 2.89. The molecule has 0 amide bonds. The highest BCUT2D eigenvalue weighted by Gasteiger charge is 2.35. The molecule has 1 aliphatic rings. The van der Waals surface area contributed by atoms with Gasteiger partial charge in [-0.1, -0.05) is 74.0 Å². The van der Waals surface area contributed by atoms with Crippen LogP contribution in [-0.4, -0.2) is 9.97 Å². The summed E-state index contributed by atoms with van der Waals surface area (Å²) in [4.78, 5) is 9.29. The van der Waals surface area contributed by atoms with Crippen LogP contribution in [0.5, 0.6) is 0 Å². The van der Waals surface area contributed by atoms with E-state index in [1.54, 1.807) is 0 Å². The predicted molar refractivity (Wildman–Crippen MR) is 108 cm³/mol. The normalized spacial score (nSPS) is 14.3. The second-order valence-electron chi connectivity index (χ2n) is 7.28. The van der Waals surface area contributed by atoms with Crippen molar-refractivity contribution in [3.05, 3.63) is 83.0 Å². The number of para-hydroxylation sites is 2. The average molecular weight is 357 g/mol. The quantitative estimate of drug-likeness (QED) is 0.402. The highest BCUT2D eigenvalue weighted by molar-refractivity contribution is 6.32. The number of nitrogens with zero attached hydrogens (tertiary/aromatic N) is 2. The Morgan fingerprint density at radius 1 is 0.731 bits per heavy atom. The maximum absolute atomic E-state index is 6.47. The molecule has 1 aromatic heterocycles. The fourth-order valence-corrected chi connectivity index (χ4v) is 4.27. The molecule has 0 saturated carbocycles. The van der Waals surface area contributed by atoms with Gasteiger partial charge >= 0.3 is 0 Å². The van der Waals surface area contributed by atoms with Gasteiger partial charge in [0.15, 0.2) is 5.15 Å². The van der Waals surface area contributed by atoms with Gasteiger partial charge in [0.05, 0.1) is 11.0 Å². The molecular formula is C23H17ClN2. The number of aromatic nitrogens is 2. The van der Waals surface area contributed by atoms with Gasteiger partial charge in [0, 0.05) is 11.0 Å². The first-order chi connectivity index (χ1) is 12.6. The standard InChI is InChI=1S/C23H17ClN2/c1-23(2)17-8-4-3-7-15(17)16-13-14(11-12-18(16)23)21-22(24)26-20-10-6-5-9-19(20)25-21/h3-13H,1-2H3. The molecule has 5 rings (SSSR count). The summed E-state index contributed by atoms with van der Waals surface area (Å²) >= 11 is 6.47. The molecule has 26 heavy (non-hydrogen) atoms. The lowest BCUT2D eigenvalue weighted by molar-refractivity contribution is 0.660. The van der Waals surface area contributed by atoms with Gasteiger partial charge in [0.25, 0.3) is 0 Å². The minimum absolute atomic E-state index is 0.00329. The zero-order valence-electron chi connectivity index (χ0n) is 14.6. The highest BCUT2D eigenvalue weighted by atomic mass is 35.5. The van der Waals surface area contributed by atoms with Crippen molar-refractivity contribution in [2.75, 3.05) is 0 Å². The molecule has 2 nitrogen and oxygen atoms in total. The molecule has 4 aromatic rings. The van der Waals surface area contributed by atoms with Crippen LogP contribution < -0.4 is 0 Å². The molecule has 3 aromatic carbocycles. The summed E-state index contributed by atoms with van der Waals surface area (Å²) in [5.41, 5.74) is 8.66. The van der Waals surface area contributed by atoms with E-state index in [0.29, 0.717) is 5.15 Å². The van der Waals surface area contributed by atoms with Crippen molar-refractivity contribution < 1.29 is 0 Å². The zero-order valence-corrected chi connectivity index (χ0v) is 15.4.